The average molecular weight is 274 g/mol. The molecular weight excluding hydrogens is 256 g/mol. The predicted molar refractivity (Wildman–Crippen MR) is 63.5 cm³/mol. The third kappa shape index (κ3) is 5.54. The molecule has 0 heterocycles. The van der Waals surface area contributed by atoms with Gasteiger partial charge in [-0.25, -0.2) is 0 Å². The van der Waals surface area contributed by atoms with E-state index in [9.17, 15) is 19.7 Å². The van der Waals surface area contributed by atoms with Gasteiger partial charge in [0.15, 0.2) is 6.10 Å². The maximum absolute atomic E-state index is 11.7. The number of nitrogens with one attached hydrogen (secondary N) is 1. The molecule has 1 N–H and O–H groups in total. The van der Waals surface area contributed by atoms with Gasteiger partial charge in [0, 0.05) is 13.0 Å². The molecule has 0 bridgehead atoms. The Morgan fingerprint density at radius 3 is 2.37 bits per heavy atom. The molecule has 1 atom stereocenters. The molecule has 1 aliphatic carbocycles. The lowest BCUT2D eigenvalue weighted by molar-refractivity contribution is -0.769. The maximum Gasteiger partial charge on any atom is 0.303 e. The highest BCUT2D eigenvalue weighted by atomic mass is 17.0. The SMILES string of the molecule is CC(=O)OC(C)C(=O)N[C@H]1CC[C@H](O[N+](=O)[O-])CC1. The minimum Gasteiger partial charge on any atom is -0.453 e. The van der Waals surface area contributed by atoms with Gasteiger partial charge in [0.05, 0.1) is 0 Å². The zero-order valence-electron chi connectivity index (χ0n) is 11.0. The van der Waals surface area contributed by atoms with E-state index in [0.29, 0.717) is 25.7 Å². The van der Waals surface area contributed by atoms with Crippen molar-refractivity contribution in [3.05, 3.63) is 10.1 Å². The van der Waals surface area contributed by atoms with E-state index in [-0.39, 0.29) is 11.9 Å². The first-order valence-corrected chi connectivity index (χ1v) is 6.17. The molecule has 0 saturated heterocycles. The van der Waals surface area contributed by atoms with Gasteiger partial charge >= 0.3 is 5.97 Å². The van der Waals surface area contributed by atoms with Gasteiger partial charge in [0.1, 0.15) is 6.10 Å². The first-order chi connectivity index (χ1) is 8.88. The Kier molecular flexibility index (Phi) is 5.53. The fourth-order valence-electron chi connectivity index (χ4n) is 2.06. The molecule has 1 rings (SSSR count). The number of carbonyl (C=O) groups excluding carboxylic acids is 2. The van der Waals surface area contributed by atoms with E-state index in [0.717, 1.165) is 0 Å². The Labute approximate surface area is 110 Å². The van der Waals surface area contributed by atoms with Crippen molar-refractivity contribution in [3.8, 4) is 0 Å². The Hall–Kier alpha value is -1.86. The smallest absolute Gasteiger partial charge is 0.303 e. The van der Waals surface area contributed by atoms with Crippen molar-refractivity contribution in [1.29, 1.82) is 0 Å². The molecule has 8 nitrogen and oxygen atoms in total. The van der Waals surface area contributed by atoms with Crippen LogP contribution in [0.25, 0.3) is 0 Å². The summed E-state index contributed by atoms with van der Waals surface area (Å²) in [5.41, 5.74) is 0. The quantitative estimate of drug-likeness (QED) is 0.446. The second-order valence-electron chi connectivity index (χ2n) is 4.56. The Balaban J connectivity index is 2.30. The Bertz CT molecular complexity index is 351. The maximum atomic E-state index is 11.7. The molecule has 8 heteroatoms. The van der Waals surface area contributed by atoms with Gasteiger partial charge in [-0.15, -0.1) is 10.1 Å². The van der Waals surface area contributed by atoms with Crippen molar-refractivity contribution in [1.82, 2.24) is 5.32 Å². The molecule has 1 fully saturated rings. The number of hydrogen-bond acceptors (Lipinski definition) is 6. The molecule has 0 aromatic heterocycles. The molecule has 1 amide bonds. The van der Waals surface area contributed by atoms with Crippen LogP contribution in [0.15, 0.2) is 0 Å². The highest BCUT2D eigenvalue weighted by Crippen LogP contribution is 2.21. The number of hydrogen-bond donors (Lipinski definition) is 1. The number of esters is 1. The first kappa shape index (κ1) is 15.2. The molecule has 19 heavy (non-hydrogen) atoms. The summed E-state index contributed by atoms with van der Waals surface area (Å²) in [6.07, 6.45) is 1.04. The van der Waals surface area contributed by atoms with Crippen LogP contribution < -0.4 is 5.32 Å². The van der Waals surface area contributed by atoms with Gasteiger partial charge < -0.3 is 14.9 Å². The highest BCUT2D eigenvalue weighted by Gasteiger charge is 2.26. The van der Waals surface area contributed by atoms with E-state index in [1.165, 1.54) is 13.8 Å². The van der Waals surface area contributed by atoms with Crippen molar-refractivity contribution in [2.45, 2.75) is 57.8 Å². The van der Waals surface area contributed by atoms with Crippen LogP contribution in [-0.4, -0.2) is 35.2 Å². The lowest BCUT2D eigenvalue weighted by atomic mass is 9.93. The van der Waals surface area contributed by atoms with Crippen LogP contribution in [-0.2, 0) is 19.2 Å². The molecule has 1 aliphatic rings. The minimum atomic E-state index is -0.828. The number of carbonyl (C=O) groups is 2. The summed E-state index contributed by atoms with van der Waals surface area (Å²) in [6.45, 7) is 2.74. The highest BCUT2D eigenvalue weighted by molar-refractivity contribution is 5.83. The normalized spacial score (nSPS) is 24.1. The first-order valence-electron chi connectivity index (χ1n) is 6.17. The lowest BCUT2D eigenvalue weighted by Gasteiger charge is -2.28. The second kappa shape index (κ2) is 6.91. The van der Waals surface area contributed by atoms with Crippen LogP contribution in [0.2, 0.25) is 0 Å². The predicted octanol–water partition coefficient (Wildman–Crippen LogP) is 0.574. The van der Waals surface area contributed by atoms with Gasteiger partial charge in [-0.2, -0.15) is 0 Å². The molecule has 0 aromatic rings. The Morgan fingerprint density at radius 1 is 1.32 bits per heavy atom. The number of amides is 1. The topological polar surface area (TPSA) is 108 Å². The zero-order chi connectivity index (χ0) is 14.4. The van der Waals surface area contributed by atoms with Gasteiger partial charge in [-0.05, 0) is 32.6 Å². The zero-order valence-corrected chi connectivity index (χ0v) is 11.0. The van der Waals surface area contributed by atoms with Gasteiger partial charge in [0.25, 0.3) is 11.0 Å². The van der Waals surface area contributed by atoms with Crippen molar-refractivity contribution in [2.75, 3.05) is 0 Å². The van der Waals surface area contributed by atoms with E-state index in [2.05, 4.69) is 10.2 Å². The number of rotatable bonds is 5. The molecular formula is C11H18N2O6. The van der Waals surface area contributed by atoms with E-state index in [4.69, 9.17) is 4.74 Å². The van der Waals surface area contributed by atoms with Crippen LogP contribution >= 0.6 is 0 Å². The summed E-state index contributed by atoms with van der Waals surface area (Å²) < 4.78 is 4.76. The molecule has 1 saturated carbocycles. The molecule has 108 valence electrons. The van der Waals surface area contributed by atoms with Gasteiger partial charge in [0.2, 0.25) is 0 Å². The largest absolute Gasteiger partial charge is 0.453 e. The summed E-state index contributed by atoms with van der Waals surface area (Å²) in [5.74, 6) is -0.861. The van der Waals surface area contributed by atoms with Crippen LogP contribution in [0, 0.1) is 10.1 Å². The van der Waals surface area contributed by atoms with E-state index in [1.807, 2.05) is 0 Å². The van der Waals surface area contributed by atoms with E-state index in [1.54, 1.807) is 0 Å². The van der Waals surface area contributed by atoms with Crippen molar-refractivity contribution < 1.29 is 24.3 Å². The molecule has 0 radical (unpaired) electrons. The summed E-state index contributed by atoms with van der Waals surface area (Å²) >= 11 is 0. The molecule has 1 unspecified atom stereocenters. The van der Waals surface area contributed by atoms with Gasteiger partial charge in [-0.1, -0.05) is 0 Å². The van der Waals surface area contributed by atoms with E-state index < -0.39 is 23.3 Å². The molecule has 0 aromatic carbocycles. The fourth-order valence-corrected chi connectivity index (χ4v) is 2.06. The second-order valence-corrected chi connectivity index (χ2v) is 4.56. The molecule has 0 spiro atoms. The van der Waals surface area contributed by atoms with E-state index >= 15 is 0 Å². The van der Waals surface area contributed by atoms with Crippen LogP contribution in [0.5, 0.6) is 0 Å². The monoisotopic (exact) mass is 274 g/mol. The van der Waals surface area contributed by atoms with Crippen LogP contribution in [0.3, 0.4) is 0 Å². The number of ether oxygens (including phenoxy) is 1. The third-order valence-corrected chi connectivity index (χ3v) is 2.97. The van der Waals surface area contributed by atoms with Crippen molar-refractivity contribution in [2.24, 2.45) is 0 Å². The molecule has 0 aliphatic heterocycles. The fraction of sp³-hybridized carbons (Fsp3) is 0.818. The number of nitrogens with zero attached hydrogens (tertiary/aromatic N) is 1. The summed E-state index contributed by atoms with van der Waals surface area (Å²) in [7, 11) is 0. The summed E-state index contributed by atoms with van der Waals surface area (Å²) in [6, 6.07) is -0.0582. The Morgan fingerprint density at radius 2 is 1.89 bits per heavy atom. The van der Waals surface area contributed by atoms with Crippen molar-refractivity contribution in [3.63, 3.8) is 0 Å². The summed E-state index contributed by atoms with van der Waals surface area (Å²) in [4.78, 5) is 37.1. The van der Waals surface area contributed by atoms with Crippen molar-refractivity contribution >= 4 is 11.9 Å². The standard InChI is InChI=1S/C11H18N2O6/c1-7(18-8(2)14)11(15)12-9-3-5-10(6-4-9)19-13(16)17/h7,9-10H,3-6H2,1-2H3,(H,12,15)/t7?,9-,10-. The lowest BCUT2D eigenvalue weighted by Crippen LogP contribution is -2.44. The van der Waals surface area contributed by atoms with Crippen LogP contribution in [0.1, 0.15) is 39.5 Å². The average Bonchev–Trinajstić information content (AvgIpc) is 2.30. The minimum absolute atomic E-state index is 0.0582. The summed E-state index contributed by atoms with van der Waals surface area (Å²) in [5, 5.41) is 12.2. The van der Waals surface area contributed by atoms with Gasteiger partial charge in [-0.3, -0.25) is 9.59 Å². The van der Waals surface area contributed by atoms with Crippen LogP contribution in [0.4, 0.5) is 0 Å². The third-order valence-electron chi connectivity index (χ3n) is 2.97.